The molecule has 0 saturated heterocycles. The van der Waals surface area contributed by atoms with Crippen molar-refractivity contribution in [2.45, 2.75) is 45.4 Å². The summed E-state index contributed by atoms with van der Waals surface area (Å²) in [5.41, 5.74) is 0.770. The summed E-state index contributed by atoms with van der Waals surface area (Å²) in [4.78, 5) is 24.9. The van der Waals surface area contributed by atoms with Gasteiger partial charge in [-0.15, -0.1) is 0 Å². The fourth-order valence-corrected chi connectivity index (χ4v) is 3.69. The van der Waals surface area contributed by atoms with Crippen LogP contribution in [0.1, 0.15) is 44.3 Å². The molecular formula is C22H25N5O2. The molecule has 1 saturated carbocycles. The first-order valence-corrected chi connectivity index (χ1v) is 10.1. The van der Waals surface area contributed by atoms with Gasteiger partial charge in [-0.1, -0.05) is 25.7 Å². The number of nitrogens with one attached hydrogen (secondary N) is 1. The van der Waals surface area contributed by atoms with E-state index in [4.69, 9.17) is 4.74 Å². The van der Waals surface area contributed by atoms with Crippen LogP contribution in [0.2, 0.25) is 0 Å². The first-order valence-electron chi connectivity index (χ1n) is 10.1. The molecule has 150 valence electrons. The monoisotopic (exact) mass is 391 g/mol. The van der Waals surface area contributed by atoms with Crippen LogP contribution in [0, 0.1) is 12.8 Å². The number of carbonyl (C=O) groups is 1. The molecule has 1 amide bonds. The molecule has 7 heteroatoms. The second-order valence-corrected chi connectivity index (χ2v) is 7.45. The van der Waals surface area contributed by atoms with Crippen molar-refractivity contribution in [2.75, 3.05) is 5.32 Å². The van der Waals surface area contributed by atoms with E-state index in [1.165, 1.54) is 25.7 Å². The van der Waals surface area contributed by atoms with Crippen LogP contribution in [0.5, 0.6) is 11.6 Å². The number of aromatic nitrogens is 4. The lowest BCUT2D eigenvalue weighted by Crippen LogP contribution is -2.12. The molecule has 1 aromatic carbocycles. The highest BCUT2D eigenvalue weighted by atomic mass is 16.5. The van der Waals surface area contributed by atoms with Crippen molar-refractivity contribution in [1.29, 1.82) is 0 Å². The van der Waals surface area contributed by atoms with Crippen LogP contribution in [0.25, 0.3) is 5.82 Å². The predicted octanol–water partition coefficient (Wildman–Crippen LogP) is 4.67. The van der Waals surface area contributed by atoms with Gasteiger partial charge in [-0.25, -0.2) is 9.97 Å². The SMILES string of the molecule is Cc1nc(Oc2ccc(NC(=O)CCC3CCCC3)cc2)cc(-n2ccnc2)n1. The first kappa shape index (κ1) is 19.1. The topological polar surface area (TPSA) is 81.9 Å². The Labute approximate surface area is 170 Å². The van der Waals surface area contributed by atoms with E-state index in [1.54, 1.807) is 23.2 Å². The number of aryl methyl sites for hydroxylation is 1. The second-order valence-electron chi connectivity index (χ2n) is 7.45. The molecule has 0 radical (unpaired) electrons. The smallest absolute Gasteiger partial charge is 0.224 e. The summed E-state index contributed by atoms with van der Waals surface area (Å²) in [6.45, 7) is 1.82. The number of imidazole rings is 1. The quantitative estimate of drug-likeness (QED) is 0.633. The van der Waals surface area contributed by atoms with E-state index >= 15 is 0 Å². The molecule has 1 aliphatic carbocycles. The van der Waals surface area contributed by atoms with Crippen LogP contribution in [0.3, 0.4) is 0 Å². The molecule has 4 rings (SSSR count). The Hall–Kier alpha value is -3.22. The molecule has 0 aliphatic heterocycles. The third-order valence-electron chi connectivity index (χ3n) is 5.18. The van der Waals surface area contributed by atoms with Crippen LogP contribution in [-0.2, 0) is 4.79 Å². The van der Waals surface area contributed by atoms with E-state index < -0.39 is 0 Å². The average molecular weight is 391 g/mol. The number of amides is 1. The van der Waals surface area contributed by atoms with Crippen LogP contribution < -0.4 is 10.1 Å². The van der Waals surface area contributed by atoms with Crippen LogP contribution in [0.4, 0.5) is 5.69 Å². The third-order valence-corrected chi connectivity index (χ3v) is 5.18. The number of ether oxygens (including phenoxy) is 1. The lowest BCUT2D eigenvalue weighted by Gasteiger charge is -2.10. The van der Waals surface area contributed by atoms with E-state index in [2.05, 4.69) is 20.3 Å². The van der Waals surface area contributed by atoms with E-state index in [0.717, 1.165) is 18.0 Å². The van der Waals surface area contributed by atoms with E-state index in [1.807, 2.05) is 37.4 Å². The van der Waals surface area contributed by atoms with Crippen molar-refractivity contribution in [3.63, 3.8) is 0 Å². The zero-order valence-corrected chi connectivity index (χ0v) is 16.5. The number of anilines is 1. The maximum absolute atomic E-state index is 12.2. The van der Waals surface area contributed by atoms with Gasteiger partial charge in [0.25, 0.3) is 0 Å². The Kier molecular flexibility index (Phi) is 5.84. The predicted molar refractivity (Wildman–Crippen MR) is 110 cm³/mol. The number of benzene rings is 1. The van der Waals surface area contributed by atoms with Gasteiger partial charge in [0.1, 0.15) is 23.7 Å². The summed E-state index contributed by atoms with van der Waals surface area (Å²) in [7, 11) is 0. The molecule has 1 aliphatic rings. The summed E-state index contributed by atoms with van der Waals surface area (Å²) >= 11 is 0. The summed E-state index contributed by atoms with van der Waals surface area (Å²) in [6, 6.07) is 9.08. The number of nitrogens with zero attached hydrogens (tertiary/aromatic N) is 4. The van der Waals surface area contributed by atoms with Gasteiger partial charge >= 0.3 is 0 Å². The Bertz CT molecular complexity index is 948. The minimum Gasteiger partial charge on any atom is -0.439 e. The first-order chi connectivity index (χ1) is 14.2. The largest absolute Gasteiger partial charge is 0.439 e. The van der Waals surface area contributed by atoms with Crippen molar-refractivity contribution < 1.29 is 9.53 Å². The van der Waals surface area contributed by atoms with Crippen molar-refractivity contribution in [2.24, 2.45) is 5.92 Å². The Balaban J connectivity index is 1.35. The van der Waals surface area contributed by atoms with Gasteiger partial charge in [0, 0.05) is 30.6 Å². The van der Waals surface area contributed by atoms with E-state index in [0.29, 0.717) is 29.7 Å². The number of carbonyl (C=O) groups excluding carboxylic acids is 1. The number of rotatable bonds is 7. The zero-order valence-electron chi connectivity index (χ0n) is 16.5. The summed E-state index contributed by atoms with van der Waals surface area (Å²) in [6.07, 6.45) is 11.9. The Morgan fingerprint density at radius 1 is 1.21 bits per heavy atom. The van der Waals surface area contributed by atoms with Gasteiger partial charge in [0.15, 0.2) is 0 Å². The lowest BCUT2D eigenvalue weighted by atomic mass is 10.0. The fourth-order valence-electron chi connectivity index (χ4n) is 3.69. The molecular weight excluding hydrogens is 366 g/mol. The van der Waals surface area contributed by atoms with Gasteiger partial charge in [-0.3, -0.25) is 9.36 Å². The fraction of sp³-hybridized carbons (Fsp3) is 0.364. The van der Waals surface area contributed by atoms with Crippen molar-refractivity contribution in [3.8, 4) is 17.4 Å². The molecule has 0 spiro atoms. The van der Waals surface area contributed by atoms with E-state index in [-0.39, 0.29) is 5.91 Å². The molecule has 2 aromatic heterocycles. The standard InChI is InChI=1S/C22H25N5O2/c1-16-24-20(27-13-12-23-15-27)14-22(25-16)29-19-9-7-18(8-10-19)26-21(28)11-6-17-4-2-3-5-17/h7-10,12-15,17H,2-6,11H2,1H3,(H,26,28). The molecule has 0 atom stereocenters. The van der Waals surface area contributed by atoms with Crippen molar-refractivity contribution >= 4 is 11.6 Å². The van der Waals surface area contributed by atoms with Crippen molar-refractivity contribution in [1.82, 2.24) is 19.5 Å². The Morgan fingerprint density at radius 2 is 2.00 bits per heavy atom. The van der Waals surface area contributed by atoms with Crippen LogP contribution in [0.15, 0.2) is 49.1 Å². The molecule has 7 nitrogen and oxygen atoms in total. The normalized spacial score (nSPS) is 14.1. The minimum absolute atomic E-state index is 0.0713. The highest BCUT2D eigenvalue weighted by Gasteiger charge is 2.16. The lowest BCUT2D eigenvalue weighted by molar-refractivity contribution is -0.116. The molecule has 1 N–H and O–H groups in total. The second kappa shape index (κ2) is 8.86. The maximum atomic E-state index is 12.2. The van der Waals surface area contributed by atoms with Gasteiger partial charge in [-0.05, 0) is 43.5 Å². The maximum Gasteiger partial charge on any atom is 0.224 e. The van der Waals surface area contributed by atoms with Gasteiger partial charge in [0.2, 0.25) is 11.8 Å². The van der Waals surface area contributed by atoms with Crippen molar-refractivity contribution in [3.05, 3.63) is 54.9 Å². The highest BCUT2D eigenvalue weighted by molar-refractivity contribution is 5.90. The van der Waals surface area contributed by atoms with Crippen LogP contribution in [-0.4, -0.2) is 25.4 Å². The number of hydrogen-bond acceptors (Lipinski definition) is 5. The van der Waals surface area contributed by atoms with Gasteiger partial charge in [-0.2, -0.15) is 4.98 Å². The van der Waals surface area contributed by atoms with Crippen LogP contribution >= 0.6 is 0 Å². The summed E-state index contributed by atoms with van der Waals surface area (Å²) < 4.78 is 7.67. The Morgan fingerprint density at radius 3 is 2.72 bits per heavy atom. The third kappa shape index (κ3) is 5.19. The molecule has 29 heavy (non-hydrogen) atoms. The molecule has 1 fully saturated rings. The molecule has 3 aromatic rings. The molecule has 2 heterocycles. The molecule has 0 bridgehead atoms. The minimum atomic E-state index is 0.0713. The van der Waals surface area contributed by atoms with Gasteiger partial charge in [0.05, 0.1) is 0 Å². The highest BCUT2D eigenvalue weighted by Crippen LogP contribution is 2.29. The van der Waals surface area contributed by atoms with Gasteiger partial charge < -0.3 is 10.1 Å². The van der Waals surface area contributed by atoms with E-state index in [9.17, 15) is 4.79 Å². The average Bonchev–Trinajstić information content (AvgIpc) is 3.42. The molecule has 0 unspecified atom stereocenters. The summed E-state index contributed by atoms with van der Waals surface area (Å²) in [5.74, 6) is 3.19. The number of hydrogen-bond donors (Lipinski definition) is 1. The zero-order chi connectivity index (χ0) is 20.1. The summed E-state index contributed by atoms with van der Waals surface area (Å²) in [5, 5.41) is 2.96.